The number of pyridine rings is 1. The van der Waals surface area contributed by atoms with E-state index in [2.05, 4.69) is 10.3 Å². The molecule has 7 heteroatoms. The molecule has 1 aromatic heterocycles. The third-order valence-corrected chi connectivity index (χ3v) is 2.63. The van der Waals surface area contributed by atoms with E-state index in [4.69, 9.17) is 17.3 Å². The quantitative estimate of drug-likeness (QED) is 0.875. The Hall–Kier alpha value is -1.95. The highest BCUT2D eigenvalue weighted by atomic mass is 35.5. The van der Waals surface area contributed by atoms with Crippen LogP contribution in [0.2, 0.25) is 5.02 Å². The Labute approximate surface area is 112 Å². The number of nitrogens with zero attached hydrogens (tertiary/aromatic N) is 1. The summed E-state index contributed by atoms with van der Waals surface area (Å²) in [5.74, 6) is 0.329. The summed E-state index contributed by atoms with van der Waals surface area (Å²) >= 11 is 5.90. The Balaban J connectivity index is 2.20. The van der Waals surface area contributed by atoms with Gasteiger partial charge in [-0.1, -0.05) is 11.6 Å². The number of nitrogen functional groups attached to an aromatic ring is 1. The van der Waals surface area contributed by atoms with E-state index < -0.39 is 11.7 Å². The molecule has 0 aliphatic carbocycles. The normalized spacial score (nSPS) is 11.4. The van der Waals surface area contributed by atoms with Crippen LogP contribution >= 0.6 is 11.6 Å². The zero-order valence-corrected chi connectivity index (χ0v) is 10.3. The van der Waals surface area contributed by atoms with Crippen molar-refractivity contribution in [1.82, 2.24) is 4.98 Å². The summed E-state index contributed by atoms with van der Waals surface area (Å²) < 4.78 is 37.2. The van der Waals surface area contributed by atoms with Crippen LogP contribution < -0.4 is 11.1 Å². The van der Waals surface area contributed by atoms with Gasteiger partial charge in [-0.05, 0) is 30.3 Å². The molecule has 3 N–H and O–H groups in total. The Morgan fingerprint density at radius 2 is 1.79 bits per heavy atom. The maximum absolute atomic E-state index is 12.4. The van der Waals surface area contributed by atoms with Crippen LogP contribution in [0, 0.1) is 0 Å². The van der Waals surface area contributed by atoms with E-state index in [-0.39, 0.29) is 0 Å². The highest BCUT2D eigenvalue weighted by Gasteiger charge is 2.29. The number of anilines is 3. The minimum atomic E-state index is -4.35. The van der Waals surface area contributed by atoms with Crippen LogP contribution in [0.4, 0.5) is 30.4 Å². The molecule has 0 aliphatic heterocycles. The predicted molar refractivity (Wildman–Crippen MR) is 68.4 cm³/mol. The number of halogens is 4. The second-order valence-electron chi connectivity index (χ2n) is 3.80. The molecule has 19 heavy (non-hydrogen) atoms. The fourth-order valence-electron chi connectivity index (χ4n) is 1.42. The van der Waals surface area contributed by atoms with Crippen molar-refractivity contribution in [1.29, 1.82) is 0 Å². The van der Waals surface area contributed by atoms with Gasteiger partial charge in [0.2, 0.25) is 0 Å². The number of benzene rings is 1. The molecule has 3 nitrogen and oxygen atoms in total. The molecule has 2 aromatic rings. The van der Waals surface area contributed by atoms with Crippen LogP contribution in [-0.2, 0) is 6.18 Å². The van der Waals surface area contributed by atoms with Crippen LogP contribution in [0.1, 0.15) is 5.56 Å². The van der Waals surface area contributed by atoms with Gasteiger partial charge in [-0.2, -0.15) is 13.2 Å². The number of aromatic nitrogens is 1. The van der Waals surface area contributed by atoms with Crippen LogP contribution in [0.25, 0.3) is 0 Å². The van der Waals surface area contributed by atoms with E-state index in [1.165, 1.54) is 24.4 Å². The maximum Gasteiger partial charge on any atom is 0.416 e. The molecule has 0 saturated heterocycles. The number of alkyl halides is 3. The van der Waals surface area contributed by atoms with Crippen molar-refractivity contribution in [2.75, 3.05) is 11.1 Å². The number of nitrogens with one attached hydrogen (secondary N) is 1. The highest BCUT2D eigenvalue weighted by Crippen LogP contribution is 2.31. The van der Waals surface area contributed by atoms with E-state index in [0.717, 1.165) is 12.1 Å². The average molecular weight is 288 g/mol. The van der Waals surface area contributed by atoms with Crippen molar-refractivity contribution in [3.8, 4) is 0 Å². The van der Waals surface area contributed by atoms with Gasteiger partial charge in [0.1, 0.15) is 5.82 Å². The molecule has 0 amide bonds. The van der Waals surface area contributed by atoms with Gasteiger partial charge in [-0.3, -0.25) is 0 Å². The lowest BCUT2D eigenvalue weighted by Gasteiger charge is -2.10. The third kappa shape index (κ3) is 3.29. The van der Waals surface area contributed by atoms with Gasteiger partial charge in [0.25, 0.3) is 0 Å². The first-order valence-electron chi connectivity index (χ1n) is 5.21. The molecule has 0 bridgehead atoms. The summed E-state index contributed by atoms with van der Waals surface area (Å²) in [6.45, 7) is 0. The molecule has 0 unspecified atom stereocenters. The fraction of sp³-hybridized carbons (Fsp3) is 0.0833. The summed E-state index contributed by atoms with van der Waals surface area (Å²) in [6, 6.07) is 6.07. The van der Waals surface area contributed by atoms with E-state index in [9.17, 15) is 13.2 Å². The Kier molecular flexibility index (Phi) is 3.53. The predicted octanol–water partition coefficient (Wildman–Crippen LogP) is 4.08. The molecule has 2 rings (SSSR count). The molecule has 0 spiro atoms. The SMILES string of the molecule is Nc1cnc(Nc2ccc(C(F)(F)F)cc2)c(Cl)c1. The molecule has 1 heterocycles. The molecular weight excluding hydrogens is 279 g/mol. The van der Waals surface area contributed by atoms with E-state index in [1.807, 2.05) is 0 Å². The average Bonchev–Trinajstić information content (AvgIpc) is 2.32. The zero-order valence-electron chi connectivity index (χ0n) is 9.50. The minimum absolute atomic E-state index is 0.292. The van der Waals surface area contributed by atoms with Crippen molar-refractivity contribution in [2.45, 2.75) is 6.18 Å². The summed E-state index contributed by atoms with van der Waals surface area (Å²) in [4.78, 5) is 3.95. The van der Waals surface area contributed by atoms with Crippen LogP contribution in [0.15, 0.2) is 36.5 Å². The summed E-state index contributed by atoms with van der Waals surface area (Å²) in [6.07, 6.45) is -2.95. The Morgan fingerprint density at radius 3 is 2.32 bits per heavy atom. The first-order valence-corrected chi connectivity index (χ1v) is 5.59. The van der Waals surface area contributed by atoms with E-state index in [1.54, 1.807) is 0 Å². The molecular formula is C12H9ClF3N3. The standard InChI is InChI=1S/C12H9ClF3N3/c13-10-5-8(17)6-18-11(10)19-9-3-1-7(2-4-9)12(14,15)16/h1-6H,17H2,(H,18,19). The lowest BCUT2D eigenvalue weighted by atomic mass is 10.2. The second kappa shape index (κ2) is 4.97. The Morgan fingerprint density at radius 1 is 1.16 bits per heavy atom. The van der Waals surface area contributed by atoms with Crippen LogP contribution in [0.3, 0.4) is 0 Å². The van der Waals surface area contributed by atoms with Gasteiger partial charge in [-0.15, -0.1) is 0 Å². The number of hydrogen-bond donors (Lipinski definition) is 2. The second-order valence-corrected chi connectivity index (χ2v) is 4.21. The van der Waals surface area contributed by atoms with Gasteiger partial charge >= 0.3 is 6.18 Å². The highest BCUT2D eigenvalue weighted by molar-refractivity contribution is 6.33. The molecule has 100 valence electrons. The molecule has 0 radical (unpaired) electrons. The minimum Gasteiger partial charge on any atom is -0.397 e. The van der Waals surface area contributed by atoms with Gasteiger partial charge < -0.3 is 11.1 Å². The zero-order chi connectivity index (χ0) is 14.0. The first-order chi connectivity index (χ1) is 8.86. The van der Waals surface area contributed by atoms with Gasteiger partial charge in [0.15, 0.2) is 0 Å². The van der Waals surface area contributed by atoms with Crippen molar-refractivity contribution in [3.05, 3.63) is 47.1 Å². The van der Waals surface area contributed by atoms with Crippen LogP contribution in [0.5, 0.6) is 0 Å². The Bertz CT molecular complexity index is 582. The maximum atomic E-state index is 12.4. The summed E-state index contributed by atoms with van der Waals surface area (Å²) in [5.41, 5.74) is 5.63. The van der Waals surface area contributed by atoms with Crippen molar-refractivity contribution >= 4 is 28.8 Å². The number of rotatable bonds is 2. The summed E-state index contributed by atoms with van der Waals surface area (Å²) in [5, 5.41) is 3.10. The molecule has 0 fully saturated rings. The van der Waals surface area contributed by atoms with Crippen LogP contribution in [-0.4, -0.2) is 4.98 Å². The lowest BCUT2D eigenvalue weighted by Crippen LogP contribution is -2.04. The van der Waals surface area contributed by atoms with Gasteiger partial charge in [-0.25, -0.2) is 4.98 Å². The molecule has 0 saturated carbocycles. The molecule has 1 aromatic carbocycles. The largest absolute Gasteiger partial charge is 0.416 e. The van der Waals surface area contributed by atoms with Gasteiger partial charge in [0.05, 0.1) is 22.5 Å². The molecule has 0 aliphatic rings. The third-order valence-electron chi connectivity index (χ3n) is 2.34. The topological polar surface area (TPSA) is 50.9 Å². The van der Waals surface area contributed by atoms with Crippen molar-refractivity contribution in [3.63, 3.8) is 0 Å². The van der Waals surface area contributed by atoms with Gasteiger partial charge in [0, 0.05) is 5.69 Å². The smallest absolute Gasteiger partial charge is 0.397 e. The fourth-order valence-corrected chi connectivity index (χ4v) is 1.65. The monoisotopic (exact) mass is 287 g/mol. The number of hydrogen-bond acceptors (Lipinski definition) is 3. The lowest BCUT2D eigenvalue weighted by molar-refractivity contribution is -0.137. The van der Waals surface area contributed by atoms with E-state index >= 15 is 0 Å². The van der Waals surface area contributed by atoms with Crippen molar-refractivity contribution in [2.24, 2.45) is 0 Å². The number of nitrogens with two attached hydrogens (primary N) is 1. The first kappa shape index (κ1) is 13.5. The summed E-state index contributed by atoms with van der Waals surface area (Å²) in [7, 11) is 0. The molecule has 0 atom stereocenters. The van der Waals surface area contributed by atoms with E-state index in [0.29, 0.717) is 22.2 Å². The van der Waals surface area contributed by atoms with Crippen molar-refractivity contribution < 1.29 is 13.2 Å².